The number of hydrogen-bond acceptors (Lipinski definition) is 5. The zero-order valence-electron chi connectivity index (χ0n) is 12.4. The number of fused-ring (bicyclic) bond motifs is 1. The number of nitrogens with one attached hydrogen (secondary N) is 1. The Balaban J connectivity index is 1.66. The van der Waals surface area contributed by atoms with Crippen LogP contribution < -0.4 is 5.32 Å². The van der Waals surface area contributed by atoms with E-state index in [-0.39, 0.29) is 11.4 Å². The number of nitrogens with zero attached hydrogens (tertiary/aromatic N) is 5. The minimum atomic E-state index is -4.41. The van der Waals surface area contributed by atoms with Gasteiger partial charge in [-0.15, -0.1) is 0 Å². The first-order valence-corrected chi connectivity index (χ1v) is 7.60. The number of ether oxygens (including phenoxy) is 1. The molecule has 3 aromatic rings. The van der Waals surface area contributed by atoms with Crippen LogP contribution in [0.3, 0.4) is 0 Å². The Morgan fingerprint density at radius 1 is 1.40 bits per heavy atom. The molecule has 3 rings (SSSR count). The molecule has 1 amide bonds. The van der Waals surface area contributed by atoms with Crippen molar-refractivity contribution in [1.29, 1.82) is 0 Å². The highest BCUT2D eigenvalue weighted by atomic mass is 79.9. The molecule has 3 heterocycles. The standard InChI is InChI=1S/C13H10BrF3N6O2/c14-9-10(21-23-3-1-2-18-11(9)23)12(24)20-8-4-19-22(5-8)7-25-6-13(15,16)17/h1-5H,6-7H2,(H,20,24). The number of rotatable bonds is 5. The summed E-state index contributed by atoms with van der Waals surface area (Å²) in [4.78, 5) is 16.4. The normalized spacial score (nSPS) is 11.8. The van der Waals surface area contributed by atoms with Crippen molar-refractivity contribution in [2.75, 3.05) is 11.9 Å². The van der Waals surface area contributed by atoms with Crippen molar-refractivity contribution in [3.05, 3.63) is 41.0 Å². The van der Waals surface area contributed by atoms with Crippen LogP contribution in [0.2, 0.25) is 0 Å². The summed E-state index contributed by atoms with van der Waals surface area (Å²) >= 11 is 3.27. The highest BCUT2D eigenvalue weighted by Crippen LogP contribution is 2.21. The van der Waals surface area contributed by atoms with Crippen molar-refractivity contribution in [2.24, 2.45) is 0 Å². The van der Waals surface area contributed by atoms with Crippen molar-refractivity contribution in [3.63, 3.8) is 0 Å². The average molecular weight is 419 g/mol. The fourth-order valence-electron chi connectivity index (χ4n) is 1.95. The van der Waals surface area contributed by atoms with Crippen LogP contribution in [0.5, 0.6) is 0 Å². The lowest BCUT2D eigenvalue weighted by Gasteiger charge is -2.07. The largest absolute Gasteiger partial charge is 0.411 e. The molecule has 3 aromatic heterocycles. The summed E-state index contributed by atoms with van der Waals surface area (Å²) in [6, 6.07) is 1.67. The minimum Gasteiger partial charge on any atom is -0.350 e. The molecule has 0 bridgehead atoms. The third-order valence-electron chi connectivity index (χ3n) is 2.93. The van der Waals surface area contributed by atoms with E-state index in [0.717, 1.165) is 4.68 Å². The zero-order chi connectivity index (χ0) is 18.0. The van der Waals surface area contributed by atoms with E-state index in [4.69, 9.17) is 0 Å². The second-order valence-corrected chi connectivity index (χ2v) is 5.66. The molecule has 0 aliphatic heterocycles. The van der Waals surface area contributed by atoms with Crippen LogP contribution >= 0.6 is 15.9 Å². The summed E-state index contributed by atoms with van der Waals surface area (Å²) < 4.78 is 43.5. The number of anilines is 1. The maximum Gasteiger partial charge on any atom is 0.411 e. The summed E-state index contributed by atoms with van der Waals surface area (Å²) in [6.07, 6.45) is 1.43. The summed E-state index contributed by atoms with van der Waals surface area (Å²) in [7, 11) is 0. The van der Waals surface area contributed by atoms with Crippen LogP contribution in [-0.2, 0) is 11.5 Å². The van der Waals surface area contributed by atoms with Crippen LogP contribution in [0.1, 0.15) is 10.5 Å². The second kappa shape index (κ2) is 6.80. The van der Waals surface area contributed by atoms with E-state index in [0.29, 0.717) is 10.1 Å². The number of hydrogen-bond donors (Lipinski definition) is 1. The number of alkyl halides is 3. The predicted octanol–water partition coefficient (Wildman–Crippen LogP) is 2.48. The van der Waals surface area contributed by atoms with Gasteiger partial charge in [0.15, 0.2) is 11.3 Å². The molecule has 0 aliphatic carbocycles. The van der Waals surface area contributed by atoms with E-state index in [1.807, 2.05) is 0 Å². The Morgan fingerprint density at radius 2 is 2.20 bits per heavy atom. The molecule has 0 unspecified atom stereocenters. The van der Waals surface area contributed by atoms with Gasteiger partial charge in [0.05, 0.1) is 22.6 Å². The van der Waals surface area contributed by atoms with Gasteiger partial charge in [0.2, 0.25) is 0 Å². The molecule has 0 saturated carbocycles. The first kappa shape index (κ1) is 17.4. The quantitative estimate of drug-likeness (QED) is 0.687. The molecule has 0 saturated heterocycles. The Labute approximate surface area is 146 Å². The van der Waals surface area contributed by atoms with E-state index in [1.165, 1.54) is 16.9 Å². The van der Waals surface area contributed by atoms with Crippen LogP contribution in [0.25, 0.3) is 5.65 Å². The molecule has 0 fully saturated rings. The zero-order valence-corrected chi connectivity index (χ0v) is 14.0. The maximum atomic E-state index is 12.3. The second-order valence-electron chi connectivity index (χ2n) is 4.87. The van der Waals surface area contributed by atoms with Crippen LogP contribution in [0.15, 0.2) is 35.3 Å². The first-order chi connectivity index (χ1) is 11.8. The van der Waals surface area contributed by atoms with Gasteiger partial charge in [0.1, 0.15) is 13.3 Å². The Hall–Kier alpha value is -2.47. The van der Waals surface area contributed by atoms with Gasteiger partial charge in [0, 0.05) is 12.4 Å². The van der Waals surface area contributed by atoms with Gasteiger partial charge in [-0.2, -0.15) is 23.4 Å². The molecular formula is C13H10BrF3N6O2. The molecule has 12 heteroatoms. The third-order valence-corrected chi connectivity index (χ3v) is 3.66. The lowest BCUT2D eigenvalue weighted by molar-refractivity contribution is -0.182. The van der Waals surface area contributed by atoms with Gasteiger partial charge in [-0.25, -0.2) is 14.2 Å². The minimum absolute atomic E-state index is 0.111. The summed E-state index contributed by atoms with van der Waals surface area (Å²) in [5, 5.41) is 10.5. The maximum absolute atomic E-state index is 12.3. The molecule has 1 N–H and O–H groups in total. The molecule has 0 aliphatic rings. The number of amides is 1. The average Bonchev–Trinajstić information content (AvgIpc) is 3.11. The van der Waals surface area contributed by atoms with E-state index in [2.05, 4.69) is 41.2 Å². The summed E-state index contributed by atoms with van der Waals surface area (Å²) in [6.45, 7) is -1.77. The lowest BCUT2D eigenvalue weighted by Crippen LogP contribution is -2.18. The lowest BCUT2D eigenvalue weighted by atomic mass is 10.4. The Bertz CT molecular complexity index is 907. The number of carbonyl (C=O) groups is 1. The molecule has 0 aromatic carbocycles. The number of aromatic nitrogens is 5. The van der Waals surface area contributed by atoms with Gasteiger partial charge >= 0.3 is 6.18 Å². The summed E-state index contributed by atoms with van der Waals surface area (Å²) in [5.41, 5.74) is 0.876. The molecule has 0 radical (unpaired) electrons. The van der Waals surface area contributed by atoms with Gasteiger partial charge in [-0.05, 0) is 22.0 Å². The molecule has 25 heavy (non-hydrogen) atoms. The highest BCUT2D eigenvalue weighted by molar-refractivity contribution is 9.10. The highest BCUT2D eigenvalue weighted by Gasteiger charge is 2.27. The van der Waals surface area contributed by atoms with E-state index >= 15 is 0 Å². The number of carbonyl (C=O) groups excluding carboxylic acids is 1. The van der Waals surface area contributed by atoms with Crippen molar-refractivity contribution in [1.82, 2.24) is 24.4 Å². The fraction of sp³-hybridized carbons (Fsp3) is 0.231. The van der Waals surface area contributed by atoms with E-state index in [1.54, 1.807) is 18.5 Å². The molecule has 8 nitrogen and oxygen atoms in total. The van der Waals surface area contributed by atoms with Gasteiger partial charge < -0.3 is 10.1 Å². The summed E-state index contributed by atoms with van der Waals surface area (Å²) in [5.74, 6) is -0.520. The molecular weight excluding hydrogens is 409 g/mol. The van der Waals surface area contributed by atoms with Crippen molar-refractivity contribution >= 4 is 33.2 Å². The molecule has 132 valence electrons. The van der Waals surface area contributed by atoms with Gasteiger partial charge in [0.25, 0.3) is 5.91 Å². The van der Waals surface area contributed by atoms with Crippen molar-refractivity contribution < 1.29 is 22.7 Å². The molecule has 0 spiro atoms. The Morgan fingerprint density at radius 3 is 2.92 bits per heavy atom. The van der Waals surface area contributed by atoms with Gasteiger partial charge in [-0.1, -0.05) is 0 Å². The van der Waals surface area contributed by atoms with Crippen molar-refractivity contribution in [2.45, 2.75) is 12.9 Å². The van der Waals surface area contributed by atoms with Crippen LogP contribution in [-0.4, -0.2) is 43.1 Å². The van der Waals surface area contributed by atoms with Gasteiger partial charge in [-0.3, -0.25) is 4.79 Å². The number of halogens is 4. The smallest absolute Gasteiger partial charge is 0.350 e. The van der Waals surface area contributed by atoms with E-state index in [9.17, 15) is 18.0 Å². The SMILES string of the molecule is O=C(Nc1cnn(COCC(F)(F)F)c1)c1nn2cccnc2c1Br. The van der Waals surface area contributed by atoms with Crippen LogP contribution in [0, 0.1) is 0 Å². The molecule has 0 atom stereocenters. The third kappa shape index (κ3) is 4.14. The van der Waals surface area contributed by atoms with Crippen LogP contribution in [0.4, 0.5) is 18.9 Å². The fourth-order valence-corrected chi connectivity index (χ4v) is 2.49. The topological polar surface area (TPSA) is 86.3 Å². The van der Waals surface area contributed by atoms with E-state index < -0.39 is 25.4 Å². The van der Waals surface area contributed by atoms with Crippen molar-refractivity contribution in [3.8, 4) is 0 Å². The predicted molar refractivity (Wildman–Crippen MR) is 82.9 cm³/mol. The first-order valence-electron chi connectivity index (χ1n) is 6.80. The monoisotopic (exact) mass is 418 g/mol. The Kier molecular flexibility index (Phi) is 4.72.